The molecule has 0 bridgehead atoms. The summed E-state index contributed by atoms with van der Waals surface area (Å²) in [6.07, 6.45) is 0. The summed E-state index contributed by atoms with van der Waals surface area (Å²) in [5, 5.41) is 6.16. The van der Waals surface area contributed by atoms with Crippen molar-refractivity contribution in [2.24, 2.45) is 0 Å². The van der Waals surface area contributed by atoms with E-state index in [4.69, 9.17) is 0 Å². The lowest BCUT2D eigenvalue weighted by Gasteiger charge is -2.38. The predicted molar refractivity (Wildman–Crippen MR) is 52.7 cm³/mol. The zero-order valence-electron chi connectivity index (χ0n) is 8.63. The van der Waals surface area contributed by atoms with E-state index in [0.717, 1.165) is 13.1 Å². The molecule has 2 N–H and O–H groups in total. The van der Waals surface area contributed by atoms with E-state index in [1.807, 2.05) is 11.8 Å². The van der Waals surface area contributed by atoms with Crippen LogP contribution in [0.25, 0.3) is 0 Å². The minimum absolute atomic E-state index is 0.0587. The number of hydrogen-bond acceptors (Lipinski definition) is 2. The van der Waals surface area contributed by atoms with Crippen LogP contribution in [0.5, 0.6) is 0 Å². The highest BCUT2D eigenvalue weighted by atomic mass is 16.2. The Labute approximate surface area is 79.7 Å². The van der Waals surface area contributed by atoms with E-state index in [1.54, 1.807) is 0 Å². The standard InChI is InChI=1S/C9H19N3O/c1-4-10-9(13)12-6-5-11-7(2)8(12)3/h7-8,11H,4-6H2,1-3H3,(H,10,13). The van der Waals surface area contributed by atoms with E-state index in [0.29, 0.717) is 12.6 Å². The molecule has 13 heavy (non-hydrogen) atoms. The molecule has 1 heterocycles. The van der Waals surface area contributed by atoms with Crippen LogP contribution in [0.15, 0.2) is 0 Å². The van der Waals surface area contributed by atoms with Crippen molar-refractivity contribution in [3.63, 3.8) is 0 Å². The van der Waals surface area contributed by atoms with Crippen molar-refractivity contribution in [1.29, 1.82) is 0 Å². The molecule has 76 valence electrons. The number of carbonyl (C=O) groups excluding carboxylic acids is 1. The molecule has 0 aliphatic carbocycles. The van der Waals surface area contributed by atoms with Gasteiger partial charge in [0.05, 0.1) is 0 Å². The third kappa shape index (κ3) is 2.34. The molecule has 0 aromatic heterocycles. The molecule has 1 rings (SSSR count). The van der Waals surface area contributed by atoms with Crippen LogP contribution in [0, 0.1) is 0 Å². The maximum atomic E-state index is 11.5. The number of amides is 2. The van der Waals surface area contributed by atoms with Crippen molar-refractivity contribution >= 4 is 6.03 Å². The fourth-order valence-electron chi connectivity index (χ4n) is 1.60. The van der Waals surface area contributed by atoms with Crippen molar-refractivity contribution in [1.82, 2.24) is 15.5 Å². The normalized spacial score (nSPS) is 28.7. The number of hydrogen-bond donors (Lipinski definition) is 2. The van der Waals surface area contributed by atoms with Gasteiger partial charge in [0, 0.05) is 31.7 Å². The van der Waals surface area contributed by atoms with Crippen LogP contribution >= 0.6 is 0 Å². The fraction of sp³-hybridized carbons (Fsp3) is 0.889. The Morgan fingerprint density at radius 2 is 2.31 bits per heavy atom. The summed E-state index contributed by atoms with van der Waals surface area (Å²) in [7, 11) is 0. The smallest absolute Gasteiger partial charge is 0.317 e. The van der Waals surface area contributed by atoms with Crippen molar-refractivity contribution in [2.45, 2.75) is 32.9 Å². The first-order valence-electron chi connectivity index (χ1n) is 4.94. The molecule has 0 aromatic carbocycles. The third-order valence-corrected chi connectivity index (χ3v) is 2.62. The summed E-state index contributed by atoms with van der Waals surface area (Å²) in [6, 6.07) is 0.722. The highest BCUT2D eigenvalue weighted by Gasteiger charge is 2.27. The Hall–Kier alpha value is -0.770. The predicted octanol–water partition coefficient (Wildman–Crippen LogP) is 0.398. The van der Waals surface area contributed by atoms with Gasteiger partial charge in [-0.05, 0) is 20.8 Å². The maximum Gasteiger partial charge on any atom is 0.317 e. The summed E-state index contributed by atoms with van der Waals surface area (Å²) in [6.45, 7) is 8.51. The Morgan fingerprint density at radius 1 is 1.62 bits per heavy atom. The SMILES string of the molecule is CCNC(=O)N1CCNC(C)C1C. The molecular weight excluding hydrogens is 166 g/mol. The Kier molecular flexibility index (Phi) is 3.54. The van der Waals surface area contributed by atoms with Crippen LogP contribution < -0.4 is 10.6 Å². The topological polar surface area (TPSA) is 44.4 Å². The van der Waals surface area contributed by atoms with Crippen molar-refractivity contribution < 1.29 is 4.79 Å². The Balaban J connectivity index is 2.52. The zero-order chi connectivity index (χ0) is 9.84. The molecule has 4 nitrogen and oxygen atoms in total. The molecule has 1 saturated heterocycles. The Bertz CT molecular complexity index is 184. The highest BCUT2D eigenvalue weighted by molar-refractivity contribution is 5.74. The van der Waals surface area contributed by atoms with Crippen molar-refractivity contribution in [3.05, 3.63) is 0 Å². The molecular formula is C9H19N3O. The van der Waals surface area contributed by atoms with Gasteiger partial charge in [0.15, 0.2) is 0 Å². The van der Waals surface area contributed by atoms with Gasteiger partial charge < -0.3 is 15.5 Å². The number of urea groups is 1. The summed E-state index contributed by atoms with van der Waals surface area (Å²) in [4.78, 5) is 13.4. The van der Waals surface area contributed by atoms with E-state index >= 15 is 0 Å². The first kappa shape index (κ1) is 10.3. The van der Waals surface area contributed by atoms with Gasteiger partial charge in [-0.25, -0.2) is 4.79 Å². The lowest BCUT2D eigenvalue weighted by atomic mass is 10.1. The highest BCUT2D eigenvalue weighted by Crippen LogP contribution is 2.08. The first-order valence-corrected chi connectivity index (χ1v) is 4.94. The first-order chi connectivity index (χ1) is 6.16. The molecule has 0 saturated carbocycles. The summed E-state index contributed by atoms with van der Waals surface area (Å²) in [5.74, 6) is 0. The van der Waals surface area contributed by atoms with Crippen LogP contribution in [0.3, 0.4) is 0 Å². The van der Waals surface area contributed by atoms with E-state index < -0.39 is 0 Å². The van der Waals surface area contributed by atoms with E-state index in [-0.39, 0.29) is 12.1 Å². The largest absolute Gasteiger partial charge is 0.338 e. The van der Waals surface area contributed by atoms with Gasteiger partial charge in [-0.3, -0.25) is 0 Å². The van der Waals surface area contributed by atoms with Crippen LogP contribution in [0.4, 0.5) is 4.79 Å². The number of nitrogens with one attached hydrogen (secondary N) is 2. The molecule has 2 atom stereocenters. The van der Waals surface area contributed by atoms with Gasteiger partial charge in [0.2, 0.25) is 0 Å². The molecule has 1 aliphatic heterocycles. The minimum atomic E-state index is 0.0587. The molecule has 4 heteroatoms. The molecule has 2 unspecified atom stereocenters. The lowest BCUT2D eigenvalue weighted by Crippen LogP contribution is -2.59. The minimum Gasteiger partial charge on any atom is -0.338 e. The van der Waals surface area contributed by atoms with Gasteiger partial charge in [0.1, 0.15) is 0 Å². The lowest BCUT2D eigenvalue weighted by molar-refractivity contribution is 0.145. The van der Waals surface area contributed by atoms with Gasteiger partial charge in [0.25, 0.3) is 0 Å². The zero-order valence-corrected chi connectivity index (χ0v) is 8.63. The second-order valence-electron chi connectivity index (χ2n) is 3.51. The van der Waals surface area contributed by atoms with Crippen molar-refractivity contribution in [2.75, 3.05) is 19.6 Å². The van der Waals surface area contributed by atoms with Crippen molar-refractivity contribution in [3.8, 4) is 0 Å². The number of nitrogens with zero attached hydrogens (tertiary/aromatic N) is 1. The molecule has 0 spiro atoms. The maximum absolute atomic E-state index is 11.5. The molecule has 2 amide bonds. The summed E-state index contributed by atoms with van der Waals surface area (Å²) < 4.78 is 0. The molecule has 0 radical (unpaired) electrons. The second-order valence-corrected chi connectivity index (χ2v) is 3.51. The monoisotopic (exact) mass is 185 g/mol. The van der Waals surface area contributed by atoms with Crippen LogP contribution in [-0.4, -0.2) is 42.6 Å². The van der Waals surface area contributed by atoms with Crippen LogP contribution in [-0.2, 0) is 0 Å². The molecule has 1 aliphatic rings. The van der Waals surface area contributed by atoms with Crippen LogP contribution in [0.2, 0.25) is 0 Å². The summed E-state index contributed by atoms with van der Waals surface area (Å²) >= 11 is 0. The molecule has 0 aromatic rings. The molecule has 1 fully saturated rings. The average molecular weight is 185 g/mol. The summed E-state index contributed by atoms with van der Waals surface area (Å²) in [5.41, 5.74) is 0. The van der Waals surface area contributed by atoms with E-state index in [9.17, 15) is 4.79 Å². The Morgan fingerprint density at radius 3 is 2.92 bits per heavy atom. The van der Waals surface area contributed by atoms with E-state index in [1.165, 1.54) is 0 Å². The van der Waals surface area contributed by atoms with Gasteiger partial charge in [-0.1, -0.05) is 0 Å². The number of carbonyl (C=O) groups is 1. The number of rotatable bonds is 1. The number of piperazine rings is 1. The average Bonchev–Trinajstić information content (AvgIpc) is 2.10. The quantitative estimate of drug-likeness (QED) is 0.621. The van der Waals surface area contributed by atoms with E-state index in [2.05, 4.69) is 24.5 Å². The van der Waals surface area contributed by atoms with Gasteiger partial charge in [-0.15, -0.1) is 0 Å². The third-order valence-electron chi connectivity index (χ3n) is 2.62. The fourth-order valence-corrected chi connectivity index (χ4v) is 1.60. The van der Waals surface area contributed by atoms with Crippen LogP contribution in [0.1, 0.15) is 20.8 Å². The second kappa shape index (κ2) is 4.46. The van der Waals surface area contributed by atoms with Gasteiger partial charge >= 0.3 is 6.03 Å². The van der Waals surface area contributed by atoms with Gasteiger partial charge in [-0.2, -0.15) is 0 Å².